The number of ether oxygens (including phenoxy) is 3. The molecule has 3 aromatic carbocycles. The van der Waals surface area contributed by atoms with E-state index in [1.807, 2.05) is 6.92 Å². The third-order valence-corrected chi connectivity index (χ3v) is 5.98. The summed E-state index contributed by atoms with van der Waals surface area (Å²) in [5.41, 5.74) is -2.05. The Morgan fingerprint density at radius 3 is 2.08 bits per heavy atom. The number of hydrogen-bond donors (Lipinski definition) is 0. The van der Waals surface area contributed by atoms with Crippen LogP contribution in [0.5, 0.6) is 5.75 Å². The molecule has 1 fully saturated rings. The molecule has 198 valence electrons. The normalized spacial score (nSPS) is 18.2. The van der Waals surface area contributed by atoms with Crippen molar-refractivity contribution in [1.29, 1.82) is 0 Å². The smallest absolute Gasteiger partial charge is 0.429 e. The maximum atomic E-state index is 14.8. The first-order chi connectivity index (χ1) is 17.6. The lowest BCUT2D eigenvalue weighted by Crippen LogP contribution is -2.28. The van der Waals surface area contributed by atoms with Gasteiger partial charge in [0.1, 0.15) is 28.8 Å². The first-order valence-corrected chi connectivity index (χ1v) is 11.6. The van der Waals surface area contributed by atoms with Crippen LogP contribution >= 0.6 is 0 Å². The zero-order valence-corrected chi connectivity index (χ0v) is 19.7. The molecule has 0 N–H and O–H groups in total. The molecule has 4 rings (SSSR count). The second kappa shape index (κ2) is 11.1. The van der Waals surface area contributed by atoms with Gasteiger partial charge >= 0.3 is 6.11 Å². The predicted octanol–water partition coefficient (Wildman–Crippen LogP) is 8.03. The maximum absolute atomic E-state index is 14.8. The summed E-state index contributed by atoms with van der Waals surface area (Å²) in [5, 5.41) is 0. The SMILES string of the molecule is CCCCC1COC(c2cc(F)c(C(F)(F)Oc3ccc(-c4ccc(F)c(F)c4)c(F)c3)c(F)c2)OC1. The molecule has 0 aromatic heterocycles. The average Bonchev–Trinajstić information content (AvgIpc) is 2.84. The van der Waals surface area contributed by atoms with E-state index < -0.39 is 52.8 Å². The summed E-state index contributed by atoms with van der Waals surface area (Å²) in [6.07, 6.45) is -2.77. The monoisotopic (exact) mass is 528 g/mol. The van der Waals surface area contributed by atoms with Crippen molar-refractivity contribution in [3.8, 4) is 16.9 Å². The van der Waals surface area contributed by atoms with Gasteiger partial charge in [-0.05, 0) is 48.4 Å². The molecule has 0 aliphatic carbocycles. The molecule has 3 aromatic rings. The highest BCUT2D eigenvalue weighted by molar-refractivity contribution is 5.65. The molecule has 10 heteroatoms. The number of halogens is 7. The van der Waals surface area contributed by atoms with E-state index in [0.717, 1.165) is 49.6 Å². The molecule has 0 unspecified atom stereocenters. The highest BCUT2D eigenvalue weighted by Crippen LogP contribution is 2.38. The largest absolute Gasteiger partial charge is 0.432 e. The van der Waals surface area contributed by atoms with Crippen molar-refractivity contribution < 1.29 is 44.9 Å². The lowest BCUT2D eigenvalue weighted by molar-refractivity contribution is -0.206. The first kappa shape index (κ1) is 26.9. The van der Waals surface area contributed by atoms with Crippen LogP contribution in [0.25, 0.3) is 11.1 Å². The van der Waals surface area contributed by atoms with Gasteiger partial charge in [-0.3, -0.25) is 0 Å². The quantitative estimate of drug-likeness (QED) is 0.277. The van der Waals surface area contributed by atoms with Crippen LogP contribution in [0.4, 0.5) is 30.7 Å². The fourth-order valence-electron chi connectivity index (χ4n) is 4.06. The van der Waals surface area contributed by atoms with Gasteiger partial charge in [0.15, 0.2) is 17.9 Å². The predicted molar refractivity (Wildman–Crippen MR) is 120 cm³/mol. The number of hydrogen-bond acceptors (Lipinski definition) is 3. The molecule has 0 radical (unpaired) electrons. The van der Waals surface area contributed by atoms with Crippen molar-refractivity contribution in [1.82, 2.24) is 0 Å². The van der Waals surface area contributed by atoms with Crippen molar-refractivity contribution in [2.45, 2.75) is 38.6 Å². The van der Waals surface area contributed by atoms with E-state index in [1.54, 1.807) is 0 Å². The number of rotatable bonds is 8. The van der Waals surface area contributed by atoms with Crippen molar-refractivity contribution in [2.75, 3.05) is 13.2 Å². The lowest BCUT2D eigenvalue weighted by Gasteiger charge is -2.30. The minimum Gasteiger partial charge on any atom is -0.429 e. The highest BCUT2D eigenvalue weighted by Gasteiger charge is 2.42. The van der Waals surface area contributed by atoms with Gasteiger partial charge in [0.2, 0.25) is 0 Å². The van der Waals surface area contributed by atoms with Gasteiger partial charge in [0.05, 0.1) is 13.2 Å². The fraction of sp³-hybridized carbons (Fsp3) is 0.333. The van der Waals surface area contributed by atoms with Crippen molar-refractivity contribution in [3.05, 3.63) is 88.7 Å². The Hall–Kier alpha value is -3.11. The minimum absolute atomic E-state index is 0.0498. The Kier molecular flexibility index (Phi) is 8.08. The van der Waals surface area contributed by atoms with Crippen molar-refractivity contribution >= 4 is 0 Å². The topological polar surface area (TPSA) is 27.7 Å². The third kappa shape index (κ3) is 6.07. The van der Waals surface area contributed by atoms with Crippen LogP contribution in [-0.2, 0) is 15.6 Å². The Balaban J connectivity index is 1.51. The summed E-state index contributed by atoms with van der Waals surface area (Å²) in [4.78, 5) is 0. The van der Waals surface area contributed by atoms with Gasteiger partial charge in [0, 0.05) is 23.1 Å². The van der Waals surface area contributed by atoms with Crippen LogP contribution < -0.4 is 4.74 Å². The summed E-state index contributed by atoms with van der Waals surface area (Å²) < 4.78 is 116. The van der Waals surface area contributed by atoms with Gasteiger partial charge in [0.25, 0.3) is 0 Å². The van der Waals surface area contributed by atoms with Crippen LogP contribution in [0.2, 0.25) is 0 Å². The molecule has 37 heavy (non-hydrogen) atoms. The molecule has 1 aliphatic rings. The Morgan fingerprint density at radius 2 is 1.49 bits per heavy atom. The molecular weight excluding hydrogens is 505 g/mol. The van der Waals surface area contributed by atoms with E-state index in [9.17, 15) is 30.7 Å². The molecule has 1 aliphatic heterocycles. The maximum Gasteiger partial charge on any atom is 0.432 e. The van der Waals surface area contributed by atoms with Crippen molar-refractivity contribution in [2.24, 2.45) is 5.92 Å². The molecular formula is C27H23F7O3. The van der Waals surface area contributed by atoms with Crippen LogP contribution in [-0.4, -0.2) is 13.2 Å². The summed E-state index contributed by atoms with van der Waals surface area (Å²) in [6, 6.07) is 6.44. The summed E-state index contributed by atoms with van der Waals surface area (Å²) in [5.74, 6) is -7.27. The number of alkyl halides is 2. The summed E-state index contributed by atoms with van der Waals surface area (Å²) in [7, 11) is 0. The zero-order chi connectivity index (χ0) is 26.7. The standard InChI is InChI=1S/C27H23F7O3/c1-2-3-4-15-13-35-26(36-14-15)17-10-23(31)25(24(32)11-17)27(33,34)37-18-6-7-19(21(29)12-18)16-5-8-20(28)22(30)9-16/h5-12,15,26H,2-4,13-14H2,1H3. The van der Waals surface area contributed by atoms with Crippen LogP contribution in [0.3, 0.4) is 0 Å². The second-order valence-corrected chi connectivity index (χ2v) is 8.76. The molecule has 0 saturated carbocycles. The van der Waals surface area contributed by atoms with E-state index in [2.05, 4.69) is 4.74 Å². The zero-order valence-electron chi connectivity index (χ0n) is 19.7. The van der Waals surface area contributed by atoms with Gasteiger partial charge < -0.3 is 14.2 Å². The lowest BCUT2D eigenvalue weighted by atomic mass is 10.0. The van der Waals surface area contributed by atoms with Gasteiger partial charge in [-0.2, -0.15) is 8.78 Å². The van der Waals surface area contributed by atoms with Gasteiger partial charge in [-0.15, -0.1) is 0 Å². The molecule has 1 heterocycles. The molecule has 0 atom stereocenters. The van der Waals surface area contributed by atoms with Gasteiger partial charge in [-0.25, -0.2) is 22.0 Å². The van der Waals surface area contributed by atoms with E-state index >= 15 is 0 Å². The molecule has 0 amide bonds. The van der Waals surface area contributed by atoms with E-state index in [1.165, 1.54) is 0 Å². The molecule has 0 bridgehead atoms. The van der Waals surface area contributed by atoms with Crippen LogP contribution in [0.1, 0.15) is 43.6 Å². The van der Waals surface area contributed by atoms with E-state index in [-0.39, 0.29) is 22.6 Å². The van der Waals surface area contributed by atoms with Crippen LogP contribution in [0, 0.1) is 35.0 Å². The van der Waals surface area contributed by atoms with Crippen LogP contribution in [0.15, 0.2) is 48.5 Å². The molecule has 1 saturated heterocycles. The molecule has 0 spiro atoms. The Bertz CT molecular complexity index is 1230. The summed E-state index contributed by atoms with van der Waals surface area (Å²) in [6.45, 7) is 2.66. The van der Waals surface area contributed by atoms with E-state index in [4.69, 9.17) is 9.47 Å². The Labute approximate surface area is 208 Å². The van der Waals surface area contributed by atoms with E-state index in [0.29, 0.717) is 31.4 Å². The third-order valence-electron chi connectivity index (χ3n) is 5.98. The average molecular weight is 528 g/mol. The molecule has 3 nitrogen and oxygen atoms in total. The van der Waals surface area contributed by atoms with Crippen molar-refractivity contribution in [3.63, 3.8) is 0 Å². The fourth-order valence-corrected chi connectivity index (χ4v) is 4.06. The highest BCUT2D eigenvalue weighted by atomic mass is 19.3. The minimum atomic E-state index is -4.51. The van der Waals surface area contributed by atoms with Gasteiger partial charge in [-0.1, -0.05) is 25.8 Å². The first-order valence-electron chi connectivity index (χ1n) is 11.6. The number of unbranched alkanes of at least 4 members (excludes halogenated alkanes) is 1. The Morgan fingerprint density at radius 1 is 0.811 bits per heavy atom. The second-order valence-electron chi connectivity index (χ2n) is 8.76. The number of benzene rings is 3. The summed E-state index contributed by atoms with van der Waals surface area (Å²) >= 11 is 0.